The molecule has 0 atom stereocenters. The molecule has 72 N–H and O–H groups in total. The Labute approximate surface area is 609 Å². The maximum absolute atomic E-state index is 5.25. The van der Waals surface area contributed by atoms with Gasteiger partial charge in [0.25, 0.3) is 0 Å². The van der Waals surface area contributed by atoms with Crippen LogP contribution >= 0.6 is 0 Å². The fourth-order valence-electron chi connectivity index (χ4n) is 0. The average molecular weight is 1370 g/mol. The highest BCUT2D eigenvalue weighted by molar-refractivity contribution is 2.56. The zero-order valence-corrected chi connectivity index (χ0v) is 14.3. The van der Waals surface area contributed by atoms with E-state index in [2.05, 4.69) is 147 Å². The van der Waals surface area contributed by atoms with Crippen molar-refractivity contribution in [3.05, 3.63) is 0 Å². The van der Waals surface area contributed by atoms with Crippen LogP contribution in [0.3, 0.4) is 0 Å². The van der Waals surface area contributed by atoms with E-state index in [1.807, 2.05) is 0 Å². The molecule has 25 heteroatoms. The predicted octanol–water partition coefficient (Wildman–Crippen LogP) is 40.3. The summed E-state index contributed by atoms with van der Waals surface area (Å²) in [5.74, 6) is 0. The first-order valence-electron chi connectivity index (χ1n) is 13.9. The van der Waals surface area contributed by atoms with Crippen LogP contribution in [0.1, 0.15) is 423 Å². The van der Waals surface area contributed by atoms with Crippen LogP contribution in [0.5, 0.6) is 0 Å². The Kier molecular flexibility index (Phi) is 5630000. The van der Waals surface area contributed by atoms with E-state index >= 15 is 0 Å². The van der Waals surface area contributed by atoms with Crippen LogP contribution in [0.15, 0.2) is 0 Å². The minimum atomic E-state index is 0. The smallest absolute Gasteiger partial charge is 0.115 e. The Balaban J connectivity index is -0.000000000692. The van der Waals surface area contributed by atoms with E-state index in [4.69, 9.17) is 33.9 Å². The molecule has 0 unspecified atom stereocenters. The zero-order valence-electron chi connectivity index (χ0n) is 38.3. The molecule has 656 valence electrons. The zero-order chi connectivity index (χ0) is 48.0. The average Bonchev–Trinajstić information content (AvgIpc) is 3.34. The normalized spacial score (nSPS) is 2.05. The lowest BCUT2D eigenvalue weighted by atomic mass is 12.0. The number of hydrogen-bond donors (Lipinski definition) is 24. The molecular weight excluding hydrogens is 1040 g/mol. The molecule has 0 radical (unpaired) electrons. The lowest BCUT2D eigenvalue weighted by Gasteiger charge is -0.345. The summed E-state index contributed by atoms with van der Waals surface area (Å²) in [6, 6.07) is 0. The SMILES string of the molecule is C.C.C.C.C.C.C.C.C.C.C.C.C.C.C.C.C.C.C.C.C.C.C.C.C.C.C.C.C.C.C.C.C.C.C.C.C.C.C.C.C.C.C.C.C.C.C.C.C.C.C.C.C.C.C.C.C.F.[2H]N.[2H]N.[2H]N.[2H]N.[2H]N.[2H]N.[2H]N.[2H]N.[2H]N.[2H]N.[2H]N.[2H]N.[2H]N.[2H]N.[2H]N.[2H]N.[2H]N.[2H]N.[2H]N.[2H]N.[2H]N.[2H]N.[2H]N.[2H]N. The van der Waals surface area contributed by atoms with Crippen LogP contribution < -0.4 is 147 Å². The Hall–Kier alpha value is -1.03. The molecule has 0 heterocycles. The molecule has 0 aliphatic carbocycles. The summed E-state index contributed by atoms with van der Waals surface area (Å²) >= 11 is 0. The van der Waals surface area contributed by atoms with Gasteiger partial charge in [0, 0.05) is 0 Å². The first kappa shape index (κ1) is 981. The van der Waals surface area contributed by atoms with E-state index in [-0.39, 0.29) is 428 Å². The Morgan fingerprint density at radius 2 is 0.0610 bits per heavy atom. The van der Waals surface area contributed by atoms with Gasteiger partial charge in [-0.1, -0.05) is 423 Å². The fraction of sp³-hybridized carbons (Fsp3) is 1.00. The van der Waals surface area contributed by atoms with Crippen molar-refractivity contribution in [3.8, 4) is 0 Å². The molecule has 0 bridgehead atoms. The molecule has 0 saturated heterocycles. The Bertz CT molecular complexity index is 161. The molecule has 0 aromatic rings. The maximum atomic E-state index is 5.25. The molecule has 0 rings (SSSR count). The summed E-state index contributed by atoms with van der Waals surface area (Å²) in [6.07, 6.45) is 90.0. The fourth-order valence-corrected chi connectivity index (χ4v) is 0. The first-order valence-corrected chi connectivity index (χ1v) is 0. The van der Waals surface area contributed by atoms with Crippen LogP contribution in [0, 0.1) is 0 Å². The van der Waals surface area contributed by atoms with Gasteiger partial charge in [-0.05, 0) is 0 Å². The highest BCUT2D eigenvalue weighted by Crippen LogP contribution is 0.421. The van der Waals surface area contributed by atoms with Crippen molar-refractivity contribution in [2.45, 2.75) is 423 Å². The predicted molar refractivity (Wildman–Crippen MR) is 507 cm³/mol. The first-order chi connectivity index (χ1) is 24.0. The standard InChI is InChI=1S/57CH4.FH.24H3N/h57*1H4;1H;24*1H3/i/hD24. The molecule has 0 aliphatic rings. The van der Waals surface area contributed by atoms with E-state index < -0.39 is 0 Å². The second-order valence-electron chi connectivity index (χ2n) is 0. The van der Waals surface area contributed by atoms with Crippen molar-refractivity contribution in [2.75, 3.05) is 0 Å². The van der Waals surface area contributed by atoms with Crippen LogP contribution in [-0.2, 0) is 0 Å². The van der Waals surface area contributed by atoms with Gasteiger partial charge in [0.1, 0.15) is 33.9 Å². The van der Waals surface area contributed by atoms with Crippen molar-refractivity contribution < 1.29 is 38.6 Å². The van der Waals surface area contributed by atoms with Gasteiger partial charge in [-0.2, -0.15) is 0 Å². The van der Waals surface area contributed by atoms with Crippen LogP contribution in [0.25, 0.3) is 0 Å². The van der Waals surface area contributed by atoms with Crippen molar-refractivity contribution >= 4 is 0 Å². The largest absolute Gasteiger partial charge is 0.344 e. The number of rotatable bonds is 0. The van der Waals surface area contributed by atoms with Gasteiger partial charge in [0.05, 0.1) is 0 Å². The molecule has 0 saturated carbocycles. The van der Waals surface area contributed by atoms with Gasteiger partial charge in [-0.3, -0.25) is 4.70 Å². The van der Waals surface area contributed by atoms with Gasteiger partial charge < -0.3 is 147 Å². The third-order valence-corrected chi connectivity index (χ3v) is 0. The summed E-state index contributed by atoms with van der Waals surface area (Å²) in [5.41, 5.74) is 0. The van der Waals surface area contributed by atoms with E-state index in [1.54, 1.807) is 0 Å². The monoisotopic (exact) mass is 1370 g/mol. The minimum Gasteiger partial charge on any atom is -0.344 e. The van der Waals surface area contributed by atoms with E-state index in [0.717, 1.165) is 0 Å². The van der Waals surface area contributed by atoms with Gasteiger partial charge in [0.2, 0.25) is 0 Å². The van der Waals surface area contributed by atoms with Crippen molar-refractivity contribution in [1.29, 1.82) is 0 Å². The molecule has 0 aromatic heterocycles. The van der Waals surface area contributed by atoms with Crippen LogP contribution in [0.4, 0.5) is 4.70 Å². The third kappa shape index (κ3) is 453000. The third-order valence-electron chi connectivity index (χ3n) is 0. The van der Waals surface area contributed by atoms with Crippen LogP contribution in [-0.4, -0.2) is 0 Å². The van der Waals surface area contributed by atoms with E-state index in [0.29, 0.717) is 0 Å². The van der Waals surface area contributed by atoms with Gasteiger partial charge >= 0.3 is 0 Å². The number of halogens is 1. The topological polar surface area (TPSA) is 840 Å². The quantitative estimate of drug-likeness (QED) is 0.107. The molecule has 0 fully saturated rings. The summed E-state index contributed by atoms with van der Waals surface area (Å²) in [4.78, 5) is 0. The van der Waals surface area contributed by atoms with E-state index in [1.165, 1.54) is 0 Å². The highest BCUT2D eigenvalue weighted by atomic mass is 19.0. The lowest BCUT2D eigenvalue weighted by Crippen LogP contribution is -0.482. The number of hydrogen-bond acceptors (Lipinski definition) is 24. The van der Waals surface area contributed by atoms with Crippen molar-refractivity contribution in [1.82, 2.24) is 147 Å². The lowest BCUT2D eigenvalue weighted by molar-refractivity contribution is 1.11. The van der Waals surface area contributed by atoms with E-state index in [9.17, 15) is 0 Å². The minimum absolute atomic E-state index is 0. The molecule has 0 aromatic carbocycles. The van der Waals surface area contributed by atoms with Gasteiger partial charge in [0.15, 0.2) is 0 Å². The molecule has 0 spiro atoms. The summed E-state index contributed by atoms with van der Waals surface area (Å²) < 4.78 is 126. The molecular formula is C57H301FN24. The summed E-state index contributed by atoms with van der Waals surface area (Å²) in [7, 11) is 0. The van der Waals surface area contributed by atoms with Gasteiger partial charge in [-0.25, -0.2) is 0 Å². The maximum Gasteiger partial charge on any atom is 0.115 e. The molecule has 0 amide bonds. The Morgan fingerprint density at radius 1 is 0.0610 bits per heavy atom. The second-order valence-corrected chi connectivity index (χ2v) is 0. The molecule has 24 nitrogen and oxygen atoms in total. The Morgan fingerprint density at radius 3 is 0.0610 bits per heavy atom. The second kappa shape index (κ2) is 470000. The molecule has 82 heavy (non-hydrogen) atoms. The molecule has 0 aliphatic heterocycles. The van der Waals surface area contributed by atoms with Gasteiger partial charge in [-0.15, -0.1) is 0 Å². The van der Waals surface area contributed by atoms with Crippen molar-refractivity contribution in [3.63, 3.8) is 0 Å². The van der Waals surface area contributed by atoms with Crippen molar-refractivity contribution in [2.24, 2.45) is 0 Å². The summed E-state index contributed by atoms with van der Waals surface area (Å²) in [6.45, 7) is 0. The summed E-state index contributed by atoms with van der Waals surface area (Å²) in [5, 5.41) is 0. The highest BCUT2D eigenvalue weighted by Gasteiger charge is -0.0168. The van der Waals surface area contributed by atoms with Crippen LogP contribution in [0.2, 0.25) is 33.9 Å².